The number of benzene rings is 1. The molecule has 7 nitrogen and oxygen atoms in total. The Kier molecular flexibility index (Phi) is 7.75. The van der Waals surface area contributed by atoms with Gasteiger partial charge in [-0.25, -0.2) is 9.59 Å². The zero-order valence-corrected chi connectivity index (χ0v) is 23.6. The van der Waals surface area contributed by atoms with Gasteiger partial charge in [0.1, 0.15) is 6.10 Å². The van der Waals surface area contributed by atoms with E-state index in [2.05, 4.69) is 33.8 Å². The predicted molar refractivity (Wildman–Crippen MR) is 147 cm³/mol. The van der Waals surface area contributed by atoms with Crippen LogP contribution in [0.2, 0.25) is 0 Å². The lowest BCUT2D eigenvalue weighted by atomic mass is 9.85. The van der Waals surface area contributed by atoms with Crippen molar-refractivity contribution in [3.63, 3.8) is 0 Å². The highest BCUT2D eigenvalue weighted by molar-refractivity contribution is 6.24. The van der Waals surface area contributed by atoms with Crippen LogP contribution in [-0.4, -0.2) is 41.1 Å². The SMILES string of the molecule is CC[C@H]1O[C@]2(CC[C@@H]1C)C[C@@H]1C[C@@H](C/C=C(\C)C[C@@H](C)/C=C/C=C3C(=O)Oc4c(O)c(C)cc(c43)C(=O)O1)O2. The highest BCUT2D eigenvalue weighted by Crippen LogP contribution is 2.47. The van der Waals surface area contributed by atoms with Crippen LogP contribution in [0.15, 0.2) is 35.9 Å². The summed E-state index contributed by atoms with van der Waals surface area (Å²) in [5, 5.41) is 10.7. The van der Waals surface area contributed by atoms with E-state index < -0.39 is 23.8 Å². The highest BCUT2D eigenvalue weighted by Gasteiger charge is 2.48. The van der Waals surface area contributed by atoms with E-state index in [0.717, 1.165) is 25.7 Å². The molecule has 2 bridgehead atoms. The molecule has 2 saturated heterocycles. The van der Waals surface area contributed by atoms with Crippen molar-refractivity contribution in [2.45, 2.75) is 104 Å². The van der Waals surface area contributed by atoms with Crippen LogP contribution < -0.4 is 4.74 Å². The van der Waals surface area contributed by atoms with Gasteiger partial charge in [-0.2, -0.15) is 0 Å². The molecule has 1 N–H and O–H groups in total. The number of aryl methyl sites for hydroxylation is 1. The number of hydrogen-bond acceptors (Lipinski definition) is 7. The molecule has 0 saturated carbocycles. The Bertz CT molecular complexity index is 1240. The Labute approximate surface area is 230 Å². The summed E-state index contributed by atoms with van der Waals surface area (Å²) in [5.41, 5.74) is 2.41. The third kappa shape index (κ3) is 5.57. The molecule has 4 heterocycles. The van der Waals surface area contributed by atoms with Gasteiger partial charge in [0.15, 0.2) is 17.3 Å². The lowest BCUT2D eigenvalue weighted by Crippen LogP contribution is -2.54. The number of carbonyl (C=O) groups excluding carboxylic acids is 2. The van der Waals surface area contributed by atoms with E-state index in [1.54, 1.807) is 19.1 Å². The van der Waals surface area contributed by atoms with Crippen molar-refractivity contribution >= 4 is 17.5 Å². The molecule has 7 heteroatoms. The molecule has 4 aliphatic heterocycles. The molecule has 0 radical (unpaired) electrons. The molecule has 1 spiro atoms. The van der Waals surface area contributed by atoms with Crippen LogP contribution in [0.3, 0.4) is 0 Å². The van der Waals surface area contributed by atoms with Crippen molar-refractivity contribution in [3.8, 4) is 11.5 Å². The number of fused-ring (bicyclic) bond motifs is 2. The van der Waals surface area contributed by atoms with E-state index in [4.69, 9.17) is 18.9 Å². The minimum Gasteiger partial charge on any atom is -0.504 e. The number of esters is 2. The fraction of sp³-hybridized carbons (Fsp3) is 0.562. The van der Waals surface area contributed by atoms with Gasteiger partial charge in [-0.1, -0.05) is 44.6 Å². The van der Waals surface area contributed by atoms with Gasteiger partial charge in [0.25, 0.3) is 0 Å². The summed E-state index contributed by atoms with van der Waals surface area (Å²) in [6, 6.07) is 1.58. The number of phenols is 1. The number of aromatic hydroxyl groups is 1. The van der Waals surface area contributed by atoms with Gasteiger partial charge in [-0.3, -0.25) is 0 Å². The molecule has 210 valence electrons. The minimum atomic E-state index is -0.790. The average molecular weight is 537 g/mol. The standard InChI is InChI=1S/C32H40O7/c1-6-26-20(4)12-13-32(39-26)17-23-16-22(38-32)11-10-19(3)14-18(2)8-7-9-24-27-25(31(35)36-23)15-21(5)28(33)29(27)37-30(24)34/h7-10,15,18,20,22-23,26,33H,6,11-14,16-17H2,1-5H3/b8-7+,19-10+,24-9?/t18-,20-,22+,23-,26+,32+/m0/s1. The van der Waals surface area contributed by atoms with E-state index in [1.165, 1.54) is 5.57 Å². The largest absolute Gasteiger partial charge is 0.504 e. The monoisotopic (exact) mass is 536 g/mol. The summed E-state index contributed by atoms with van der Waals surface area (Å²) in [4.78, 5) is 26.6. The zero-order valence-electron chi connectivity index (χ0n) is 23.6. The molecular formula is C32H40O7. The Morgan fingerprint density at radius 1 is 1.10 bits per heavy atom. The lowest BCUT2D eigenvalue weighted by Gasteiger charge is -2.49. The number of allylic oxidation sites excluding steroid dienone is 4. The van der Waals surface area contributed by atoms with Crippen LogP contribution >= 0.6 is 0 Å². The first-order valence-electron chi connectivity index (χ1n) is 14.3. The van der Waals surface area contributed by atoms with E-state index in [-0.39, 0.29) is 46.3 Å². The molecular weight excluding hydrogens is 496 g/mol. The summed E-state index contributed by atoms with van der Waals surface area (Å²) >= 11 is 0. The van der Waals surface area contributed by atoms with Crippen LogP contribution in [0.25, 0.3) is 5.57 Å². The first kappa shape index (κ1) is 27.7. The highest BCUT2D eigenvalue weighted by atomic mass is 16.7. The van der Waals surface area contributed by atoms with Crippen molar-refractivity contribution in [2.24, 2.45) is 11.8 Å². The Morgan fingerprint density at radius 2 is 1.90 bits per heavy atom. The third-order valence-electron chi connectivity index (χ3n) is 8.53. The molecule has 0 aromatic heterocycles. The van der Waals surface area contributed by atoms with Crippen LogP contribution in [0.4, 0.5) is 0 Å². The zero-order chi connectivity index (χ0) is 27.9. The first-order valence-corrected chi connectivity index (χ1v) is 14.3. The fourth-order valence-electron chi connectivity index (χ4n) is 6.42. The number of carbonyl (C=O) groups is 2. The van der Waals surface area contributed by atoms with E-state index in [0.29, 0.717) is 30.7 Å². The lowest BCUT2D eigenvalue weighted by molar-refractivity contribution is -0.334. The summed E-state index contributed by atoms with van der Waals surface area (Å²) in [7, 11) is 0. The van der Waals surface area contributed by atoms with Gasteiger partial charge in [0.05, 0.1) is 28.9 Å². The number of ether oxygens (including phenoxy) is 4. The first-order chi connectivity index (χ1) is 18.6. The van der Waals surface area contributed by atoms with Crippen LogP contribution in [-0.2, 0) is 19.0 Å². The topological polar surface area (TPSA) is 91.3 Å². The normalized spacial score (nSPS) is 35.4. The van der Waals surface area contributed by atoms with Gasteiger partial charge < -0.3 is 24.1 Å². The smallest absolute Gasteiger partial charge is 0.344 e. The summed E-state index contributed by atoms with van der Waals surface area (Å²) in [5.74, 6) is -1.40. The second kappa shape index (κ2) is 10.9. The van der Waals surface area contributed by atoms with E-state index >= 15 is 0 Å². The Hall–Kier alpha value is -2.90. The van der Waals surface area contributed by atoms with E-state index in [1.807, 2.05) is 12.2 Å². The number of rotatable bonds is 1. The maximum Gasteiger partial charge on any atom is 0.344 e. The molecule has 4 aliphatic rings. The molecule has 6 atom stereocenters. The minimum absolute atomic E-state index is 0.0104. The van der Waals surface area contributed by atoms with Gasteiger partial charge in [-0.15, -0.1) is 0 Å². The number of hydrogen-bond donors (Lipinski definition) is 1. The van der Waals surface area contributed by atoms with Gasteiger partial charge in [0.2, 0.25) is 0 Å². The van der Waals surface area contributed by atoms with Crippen molar-refractivity contribution < 1.29 is 33.6 Å². The second-order valence-corrected chi connectivity index (χ2v) is 11.8. The summed E-state index contributed by atoms with van der Waals surface area (Å²) in [6.45, 7) is 10.3. The molecule has 2 fully saturated rings. The number of phenolic OH excluding ortho intramolecular Hbond substituents is 1. The van der Waals surface area contributed by atoms with E-state index in [9.17, 15) is 14.7 Å². The summed E-state index contributed by atoms with van der Waals surface area (Å²) in [6.07, 6.45) is 12.5. The van der Waals surface area contributed by atoms with Crippen molar-refractivity contribution in [2.75, 3.05) is 0 Å². The molecule has 0 amide bonds. The van der Waals surface area contributed by atoms with Crippen LogP contribution in [0, 0.1) is 18.8 Å². The summed E-state index contributed by atoms with van der Waals surface area (Å²) < 4.78 is 24.9. The fourth-order valence-corrected chi connectivity index (χ4v) is 6.42. The van der Waals surface area contributed by atoms with Crippen molar-refractivity contribution in [1.82, 2.24) is 0 Å². The maximum absolute atomic E-state index is 13.7. The van der Waals surface area contributed by atoms with Gasteiger partial charge >= 0.3 is 11.9 Å². The van der Waals surface area contributed by atoms with Crippen molar-refractivity contribution in [1.29, 1.82) is 0 Å². The predicted octanol–water partition coefficient (Wildman–Crippen LogP) is 6.56. The Morgan fingerprint density at radius 3 is 2.67 bits per heavy atom. The molecule has 0 unspecified atom stereocenters. The molecule has 1 aromatic rings. The molecule has 39 heavy (non-hydrogen) atoms. The third-order valence-corrected chi connectivity index (χ3v) is 8.53. The van der Waals surface area contributed by atoms with Crippen molar-refractivity contribution in [3.05, 3.63) is 52.6 Å². The van der Waals surface area contributed by atoms with Gasteiger partial charge in [-0.05, 0) is 69.1 Å². The quantitative estimate of drug-likeness (QED) is 0.247. The average Bonchev–Trinajstić information content (AvgIpc) is 3.22. The molecule has 5 rings (SSSR count). The second-order valence-electron chi connectivity index (χ2n) is 11.8. The molecule has 1 aromatic carbocycles. The molecule has 0 aliphatic carbocycles. The Balaban J connectivity index is 1.56. The van der Waals surface area contributed by atoms with Gasteiger partial charge in [0, 0.05) is 19.3 Å². The van der Waals surface area contributed by atoms with Crippen LogP contribution in [0.5, 0.6) is 11.5 Å². The maximum atomic E-state index is 13.7. The van der Waals surface area contributed by atoms with Crippen LogP contribution in [0.1, 0.15) is 94.1 Å².